The van der Waals surface area contributed by atoms with Crippen molar-refractivity contribution in [2.45, 2.75) is 4.95 Å². The minimum Gasteiger partial charge on any atom is -0.255 e. The normalized spacial score (nSPS) is 30.6. The SMILES string of the molecule is BrC1=NC(Br)CS1. The van der Waals surface area contributed by atoms with Gasteiger partial charge in [0, 0.05) is 5.75 Å². The Morgan fingerprint density at radius 3 is 2.71 bits per heavy atom. The van der Waals surface area contributed by atoms with Gasteiger partial charge in [0.2, 0.25) is 0 Å². The first-order chi connectivity index (χ1) is 3.29. The second-order valence-electron chi connectivity index (χ2n) is 1.13. The monoisotopic (exact) mass is 243 g/mol. The van der Waals surface area contributed by atoms with Gasteiger partial charge in [0.05, 0.1) is 0 Å². The van der Waals surface area contributed by atoms with Gasteiger partial charge in [-0.25, -0.2) is 0 Å². The molecule has 0 radical (unpaired) electrons. The smallest absolute Gasteiger partial charge is 0.135 e. The fourth-order valence-electron chi connectivity index (χ4n) is 0.322. The highest BCUT2D eigenvalue weighted by molar-refractivity contribution is 9.22. The van der Waals surface area contributed by atoms with Crippen molar-refractivity contribution in [1.82, 2.24) is 0 Å². The molecular formula is C3H3Br2NS. The van der Waals surface area contributed by atoms with Crippen molar-refractivity contribution < 1.29 is 0 Å². The van der Waals surface area contributed by atoms with Gasteiger partial charge >= 0.3 is 0 Å². The minimum absolute atomic E-state index is 0.340. The molecule has 40 valence electrons. The van der Waals surface area contributed by atoms with Crippen LogP contribution in [0.25, 0.3) is 0 Å². The van der Waals surface area contributed by atoms with Gasteiger partial charge in [-0.05, 0) is 15.9 Å². The Kier molecular flexibility index (Phi) is 2.19. The lowest BCUT2D eigenvalue weighted by atomic mass is 10.8. The molecule has 1 aliphatic heterocycles. The zero-order valence-corrected chi connectivity index (χ0v) is 7.38. The summed E-state index contributed by atoms with van der Waals surface area (Å²) in [7, 11) is 0. The molecule has 0 saturated heterocycles. The van der Waals surface area contributed by atoms with E-state index in [0.29, 0.717) is 4.95 Å². The van der Waals surface area contributed by atoms with E-state index in [2.05, 4.69) is 36.9 Å². The van der Waals surface area contributed by atoms with Crippen molar-refractivity contribution in [3.05, 3.63) is 0 Å². The van der Waals surface area contributed by atoms with E-state index in [1.165, 1.54) is 0 Å². The van der Waals surface area contributed by atoms with Gasteiger partial charge in [0.1, 0.15) is 8.90 Å². The van der Waals surface area contributed by atoms with Crippen LogP contribution in [0.1, 0.15) is 0 Å². The number of hydrogen-bond donors (Lipinski definition) is 0. The number of halogens is 2. The predicted molar refractivity (Wildman–Crippen MR) is 41.5 cm³/mol. The van der Waals surface area contributed by atoms with E-state index in [1.807, 2.05) is 0 Å². The molecule has 0 saturated carbocycles. The quantitative estimate of drug-likeness (QED) is 0.470. The molecule has 1 aliphatic rings. The Morgan fingerprint density at radius 1 is 1.86 bits per heavy atom. The van der Waals surface area contributed by atoms with Crippen LogP contribution in [0.4, 0.5) is 0 Å². The molecule has 0 aromatic heterocycles. The first-order valence-electron chi connectivity index (χ1n) is 1.79. The van der Waals surface area contributed by atoms with Crippen LogP contribution < -0.4 is 0 Å². The first-order valence-corrected chi connectivity index (χ1v) is 4.48. The Morgan fingerprint density at radius 2 is 2.57 bits per heavy atom. The summed E-state index contributed by atoms with van der Waals surface area (Å²) in [5, 5.41) is 0. The number of aliphatic imine (C=N–C) groups is 1. The fraction of sp³-hybridized carbons (Fsp3) is 0.667. The van der Waals surface area contributed by atoms with Crippen LogP contribution in [-0.2, 0) is 0 Å². The Hall–Kier alpha value is 0.980. The minimum atomic E-state index is 0.340. The summed E-state index contributed by atoms with van der Waals surface area (Å²) in [6.45, 7) is 0. The molecule has 7 heavy (non-hydrogen) atoms. The summed E-state index contributed by atoms with van der Waals surface area (Å²) in [5.74, 6) is 1.06. The maximum absolute atomic E-state index is 4.10. The molecule has 1 nitrogen and oxygen atoms in total. The maximum Gasteiger partial charge on any atom is 0.135 e. The predicted octanol–water partition coefficient (Wildman–Crippen LogP) is 2.21. The number of alkyl halides is 1. The second kappa shape index (κ2) is 2.51. The molecule has 0 fully saturated rings. The van der Waals surface area contributed by atoms with Crippen LogP contribution in [0.2, 0.25) is 0 Å². The molecule has 1 heterocycles. The van der Waals surface area contributed by atoms with Crippen molar-refractivity contribution in [2.75, 3.05) is 5.75 Å². The summed E-state index contributed by atoms with van der Waals surface area (Å²) in [4.78, 5) is 4.44. The molecule has 0 aliphatic carbocycles. The zero-order valence-electron chi connectivity index (χ0n) is 3.40. The number of nitrogens with zero attached hydrogens (tertiary/aromatic N) is 1. The average molecular weight is 245 g/mol. The third-order valence-electron chi connectivity index (χ3n) is 0.582. The molecule has 0 N–H and O–H groups in total. The second-order valence-corrected chi connectivity index (χ2v) is 4.47. The number of thioether (sulfide) groups is 1. The summed E-state index contributed by atoms with van der Waals surface area (Å²) in [6.07, 6.45) is 0. The molecule has 1 rings (SSSR count). The Balaban J connectivity index is 2.50. The molecule has 0 bridgehead atoms. The van der Waals surface area contributed by atoms with Crippen molar-refractivity contribution in [1.29, 1.82) is 0 Å². The Labute approximate surface area is 63.2 Å². The largest absolute Gasteiger partial charge is 0.255 e. The zero-order chi connectivity index (χ0) is 5.28. The molecule has 1 atom stereocenters. The van der Waals surface area contributed by atoms with Gasteiger partial charge in [0.15, 0.2) is 0 Å². The molecular weight excluding hydrogens is 242 g/mol. The fourth-order valence-corrected chi connectivity index (χ4v) is 2.53. The van der Waals surface area contributed by atoms with Crippen LogP contribution in [0.5, 0.6) is 0 Å². The van der Waals surface area contributed by atoms with E-state index in [-0.39, 0.29) is 0 Å². The van der Waals surface area contributed by atoms with Crippen molar-refractivity contribution in [2.24, 2.45) is 4.99 Å². The van der Waals surface area contributed by atoms with Crippen molar-refractivity contribution in [3.8, 4) is 0 Å². The lowest BCUT2D eigenvalue weighted by Gasteiger charge is -1.84. The van der Waals surface area contributed by atoms with Crippen molar-refractivity contribution in [3.63, 3.8) is 0 Å². The van der Waals surface area contributed by atoms with Gasteiger partial charge in [-0.3, -0.25) is 4.99 Å². The highest BCUT2D eigenvalue weighted by atomic mass is 79.9. The van der Waals surface area contributed by atoms with Gasteiger partial charge in [-0.1, -0.05) is 27.7 Å². The van der Waals surface area contributed by atoms with Crippen LogP contribution in [0.3, 0.4) is 0 Å². The third-order valence-corrected chi connectivity index (χ3v) is 3.26. The van der Waals surface area contributed by atoms with E-state index >= 15 is 0 Å². The average Bonchev–Trinajstić information content (AvgIpc) is 1.87. The molecule has 1 unspecified atom stereocenters. The number of hydrogen-bond acceptors (Lipinski definition) is 2. The lowest BCUT2D eigenvalue weighted by Crippen LogP contribution is -1.86. The topological polar surface area (TPSA) is 12.4 Å². The van der Waals surface area contributed by atoms with Gasteiger partial charge < -0.3 is 0 Å². The summed E-state index contributed by atoms with van der Waals surface area (Å²) in [5.41, 5.74) is 0. The molecule has 0 amide bonds. The standard InChI is InChI=1S/C3H3Br2NS/c4-2-1-7-3(5)6-2/h2H,1H2. The lowest BCUT2D eigenvalue weighted by molar-refractivity contribution is 1.11. The molecule has 0 aromatic carbocycles. The van der Waals surface area contributed by atoms with E-state index in [1.54, 1.807) is 11.8 Å². The van der Waals surface area contributed by atoms with Gasteiger partial charge in [0.25, 0.3) is 0 Å². The van der Waals surface area contributed by atoms with Crippen LogP contribution in [0, 0.1) is 0 Å². The molecule has 0 spiro atoms. The van der Waals surface area contributed by atoms with Gasteiger partial charge in [-0.2, -0.15) is 0 Å². The highest BCUT2D eigenvalue weighted by Gasteiger charge is 2.11. The Bertz CT molecular complexity index is 103. The third kappa shape index (κ3) is 1.74. The van der Waals surface area contributed by atoms with E-state index in [9.17, 15) is 0 Å². The summed E-state index contributed by atoms with van der Waals surface area (Å²) in [6, 6.07) is 0. The van der Waals surface area contributed by atoms with Crippen LogP contribution in [0.15, 0.2) is 4.99 Å². The first kappa shape index (κ1) is 6.11. The van der Waals surface area contributed by atoms with E-state index in [0.717, 1.165) is 9.71 Å². The highest BCUT2D eigenvalue weighted by Crippen LogP contribution is 2.24. The van der Waals surface area contributed by atoms with Crippen LogP contribution in [-0.4, -0.2) is 14.7 Å². The maximum atomic E-state index is 4.10. The van der Waals surface area contributed by atoms with E-state index < -0.39 is 0 Å². The van der Waals surface area contributed by atoms with E-state index in [4.69, 9.17) is 0 Å². The van der Waals surface area contributed by atoms with Gasteiger partial charge in [-0.15, -0.1) is 0 Å². The van der Waals surface area contributed by atoms with Crippen molar-refractivity contribution >= 4 is 47.6 Å². The number of rotatable bonds is 0. The summed E-state index contributed by atoms with van der Waals surface area (Å²) >= 11 is 8.33. The van der Waals surface area contributed by atoms with Crippen LogP contribution >= 0.6 is 43.6 Å². The molecule has 0 aromatic rings. The molecule has 4 heteroatoms. The summed E-state index contributed by atoms with van der Waals surface area (Å²) < 4.78 is 1.01.